The Hall–Kier alpha value is -0.870. The van der Waals surface area contributed by atoms with E-state index in [0.29, 0.717) is 6.42 Å². The first kappa shape index (κ1) is 14.2. The van der Waals surface area contributed by atoms with E-state index in [-0.39, 0.29) is 5.75 Å². The average Bonchev–Trinajstić information content (AvgIpc) is 2.29. The molecule has 1 rings (SSSR count). The zero-order valence-corrected chi connectivity index (χ0v) is 11.2. The highest BCUT2D eigenvalue weighted by molar-refractivity contribution is 7.92. The molecule has 0 aliphatic carbocycles. The Morgan fingerprint density at radius 3 is 2.29 bits per heavy atom. The van der Waals surface area contributed by atoms with E-state index in [9.17, 15) is 13.5 Å². The first-order chi connectivity index (χ1) is 7.93. The molecule has 0 radical (unpaired) electrons. The molecule has 17 heavy (non-hydrogen) atoms. The van der Waals surface area contributed by atoms with Crippen LogP contribution in [0, 0.1) is 0 Å². The van der Waals surface area contributed by atoms with Crippen LogP contribution in [-0.4, -0.2) is 30.6 Å². The molecule has 0 heterocycles. The Morgan fingerprint density at radius 1 is 1.18 bits per heavy atom. The molecule has 0 unspecified atom stereocenters. The predicted octanol–water partition coefficient (Wildman–Crippen LogP) is 1.80. The highest BCUT2D eigenvalue weighted by Crippen LogP contribution is 2.10. The third-order valence-corrected chi connectivity index (χ3v) is 5.37. The van der Waals surface area contributed by atoms with E-state index in [4.69, 9.17) is 0 Å². The van der Waals surface area contributed by atoms with Crippen molar-refractivity contribution < 1.29 is 13.5 Å². The fourth-order valence-corrected chi connectivity index (χ4v) is 3.13. The largest absolute Gasteiger partial charge is 0.392 e. The van der Waals surface area contributed by atoms with Crippen molar-refractivity contribution in [2.45, 2.75) is 38.0 Å². The van der Waals surface area contributed by atoms with Crippen molar-refractivity contribution in [1.29, 1.82) is 0 Å². The van der Waals surface area contributed by atoms with Gasteiger partial charge in [0.2, 0.25) is 0 Å². The summed E-state index contributed by atoms with van der Waals surface area (Å²) in [6.07, 6.45) is 0.549. The van der Waals surface area contributed by atoms with Gasteiger partial charge in [-0.3, -0.25) is 0 Å². The zero-order chi connectivity index (χ0) is 12.9. The van der Waals surface area contributed by atoms with Crippen molar-refractivity contribution in [3.63, 3.8) is 0 Å². The SMILES string of the molecule is C[C@@H](O)[C@H](C)S(=O)(=O)CCCc1ccccc1. The van der Waals surface area contributed by atoms with E-state index in [2.05, 4.69) is 0 Å². The van der Waals surface area contributed by atoms with E-state index in [0.717, 1.165) is 12.0 Å². The molecule has 1 aromatic rings. The van der Waals surface area contributed by atoms with Crippen LogP contribution in [0.25, 0.3) is 0 Å². The summed E-state index contributed by atoms with van der Waals surface area (Å²) in [7, 11) is -3.18. The molecule has 0 aromatic heterocycles. The second-order valence-corrected chi connectivity index (χ2v) is 6.88. The molecule has 4 heteroatoms. The van der Waals surface area contributed by atoms with Crippen LogP contribution in [0.15, 0.2) is 30.3 Å². The quantitative estimate of drug-likeness (QED) is 0.844. The van der Waals surface area contributed by atoms with Gasteiger partial charge in [0.1, 0.15) is 0 Å². The third kappa shape index (κ3) is 4.48. The molecule has 0 amide bonds. The molecular weight excluding hydrogens is 236 g/mol. The smallest absolute Gasteiger partial charge is 0.155 e. The van der Waals surface area contributed by atoms with Crippen molar-refractivity contribution >= 4 is 9.84 Å². The van der Waals surface area contributed by atoms with E-state index in [1.54, 1.807) is 6.92 Å². The van der Waals surface area contributed by atoms with Gasteiger partial charge in [-0.2, -0.15) is 0 Å². The molecule has 0 saturated heterocycles. The number of hydrogen-bond donors (Lipinski definition) is 1. The lowest BCUT2D eigenvalue weighted by Gasteiger charge is -2.15. The van der Waals surface area contributed by atoms with Crippen molar-refractivity contribution in [1.82, 2.24) is 0 Å². The molecule has 0 aliphatic heterocycles. The molecule has 2 atom stereocenters. The van der Waals surface area contributed by atoms with E-state index in [1.807, 2.05) is 30.3 Å². The van der Waals surface area contributed by atoms with Gasteiger partial charge in [0.25, 0.3) is 0 Å². The van der Waals surface area contributed by atoms with Crippen LogP contribution < -0.4 is 0 Å². The molecule has 1 N–H and O–H groups in total. The average molecular weight is 256 g/mol. The van der Waals surface area contributed by atoms with Gasteiger partial charge < -0.3 is 5.11 Å². The minimum absolute atomic E-state index is 0.133. The van der Waals surface area contributed by atoms with E-state index in [1.165, 1.54) is 6.92 Å². The summed E-state index contributed by atoms with van der Waals surface area (Å²) in [5, 5.41) is 8.61. The summed E-state index contributed by atoms with van der Waals surface area (Å²) in [6.45, 7) is 3.07. The summed E-state index contributed by atoms with van der Waals surface area (Å²) in [6, 6.07) is 9.82. The lowest BCUT2D eigenvalue weighted by atomic mass is 10.1. The Balaban J connectivity index is 2.46. The van der Waals surface area contributed by atoms with Crippen LogP contribution in [0.5, 0.6) is 0 Å². The van der Waals surface area contributed by atoms with Crippen molar-refractivity contribution in [3.05, 3.63) is 35.9 Å². The second-order valence-electron chi connectivity index (χ2n) is 4.40. The predicted molar refractivity (Wildman–Crippen MR) is 69.7 cm³/mol. The van der Waals surface area contributed by atoms with Gasteiger partial charge in [-0.05, 0) is 32.3 Å². The monoisotopic (exact) mass is 256 g/mol. The highest BCUT2D eigenvalue weighted by atomic mass is 32.2. The van der Waals surface area contributed by atoms with Crippen LogP contribution in [0.3, 0.4) is 0 Å². The van der Waals surface area contributed by atoms with Gasteiger partial charge in [-0.25, -0.2) is 8.42 Å². The van der Waals surface area contributed by atoms with Crippen molar-refractivity contribution in [2.24, 2.45) is 0 Å². The first-order valence-electron chi connectivity index (χ1n) is 5.87. The third-order valence-electron chi connectivity index (χ3n) is 2.98. The molecule has 1 aromatic carbocycles. The molecule has 0 bridgehead atoms. The summed E-state index contributed by atoms with van der Waals surface area (Å²) >= 11 is 0. The minimum Gasteiger partial charge on any atom is -0.392 e. The van der Waals surface area contributed by atoms with Crippen LogP contribution in [0.2, 0.25) is 0 Å². The Morgan fingerprint density at radius 2 is 1.76 bits per heavy atom. The van der Waals surface area contributed by atoms with Gasteiger partial charge in [-0.15, -0.1) is 0 Å². The number of benzene rings is 1. The molecule has 0 spiro atoms. The van der Waals surface area contributed by atoms with Crippen LogP contribution >= 0.6 is 0 Å². The number of sulfone groups is 1. The fourth-order valence-electron chi connectivity index (χ4n) is 1.61. The van der Waals surface area contributed by atoms with E-state index >= 15 is 0 Å². The van der Waals surface area contributed by atoms with E-state index < -0.39 is 21.2 Å². The van der Waals surface area contributed by atoms with Crippen LogP contribution in [0.4, 0.5) is 0 Å². The highest BCUT2D eigenvalue weighted by Gasteiger charge is 2.24. The Labute approximate surface area is 103 Å². The second kappa shape index (κ2) is 6.17. The van der Waals surface area contributed by atoms with Gasteiger partial charge in [0.05, 0.1) is 17.1 Å². The molecule has 3 nitrogen and oxygen atoms in total. The number of hydrogen-bond acceptors (Lipinski definition) is 3. The first-order valence-corrected chi connectivity index (χ1v) is 7.58. The normalized spacial score (nSPS) is 15.5. The maximum absolute atomic E-state index is 11.8. The van der Waals surface area contributed by atoms with Gasteiger partial charge in [0.15, 0.2) is 9.84 Å². The van der Waals surface area contributed by atoms with Crippen LogP contribution in [0.1, 0.15) is 25.8 Å². The summed E-state index contributed by atoms with van der Waals surface area (Å²) < 4.78 is 23.6. The Kier molecular flexibility index (Phi) is 5.15. The van der Waals surface area contributed by atoms with Crippen molar-refractivity contribution in [3.8, 4) is 0 Å². The number of aliphatic hydroxyl groups is 1. The lowest BCUT2D eigenvalue weighted by molar-refractivity contribution is 0.193. The van der Waals surface area contributed by atoms with Gasteiger partial charge in [-0.1, -0.05) is 30.3 Å². The maximum Gasteiger partial charge on any atom is 0.155 e. The molecule has 0 saturated carbocycles. The molecular formula is C13H20O3S. The number of aryl methyl sites for hydroxylation is 1. The fraction of sp³-hybridized carbons (Fsp3) is 0.538. The number of aliphatic hydroxyl groups excluding tert-OH is 1. The topological polar surface area (TPSA) is 54.4 Å². The number of rotatable bonds is 6. The molecule has 96 valence electrons. The van der Waals surface area contributed by atoms with Gasteiger partial charge >= 0.3 is 0 Å². The zero-order valence-electron chi connectivity index (χ0n) is 10.3. The minimum atomic E-state index is -3.18. The Bertz CT molecular complexity index is 423. The lowest BCUT2D eigenvalue weighted by Crippen LogP contribution is -2.31. The van der Waals surface area contributed by atoms with Gasteiger partial charge in [0, 0.05) is 0 Å². The molecule has 0 fully saturated rings. The standard InChI is InChI=1S/C13H20O3S/c1-11(14)12(2)17(15,16)10-6-9-13-7-4-3-5-8-13/h3-5,7-8,11-12,14H,6,9-10H2,1-2H3/t11-,12+/m1/s1. The summed E-state index contributed by atoms with van der Waals surface area (Å²) in [5.74, 6) is 0.133. The summed E-state index contributed by atoms with van der Waals surface area (Å²) in [5.41, 5.74) is 1.15. The van der Waals surface area contributed by atoms with Crippen molar-refractivity contribution in [2.75, 3.05) is 5.75 Å². The van der Waals surface area contributed by atoms with Crippen LogP contribution in [-0.2, 0) is 16.3 Å². The molecule has 0 aliphatic rings. The maximum atomic E-state index is 11.8. The summed E-state index contributed by atoms with van der Waals surface area (Å²) in [4.78, 5) is 0.